The molecule has 1 aliphatic rings. The van der Waals surface area contributed by atoms with Crippen LogP contribution in [-0.4, -0.2) is 27.6 Å². The minimum Gasteiger partial charge on any atom is -0.480 e. The second-order valence-electron chi connectivity index (χ2n) is 3.35. The molecule has 0 atom stereocenters. The van der Waals surface area contributed by atoms with Crippen LogP contribution in [0.2, 0.25) is 0 Å². The summed E-state index contributed by atoms with van der Waals surface area (Å²) >= 11 is 0. The van der Waals surface area contributed by atoms with Gasteiger partial charge in [0.25, 0.3) is 0 Å². The zero-order valence-electron chi connectivity index (χ0n) is 7.60. The maximum atomic E-state index is 10.3. The number of hydrogen-bond acceptors (Lipinski definition) is 4. The normalized spacial score (nSPS) is 15.1. The highest BCUT2D eigenvalue weighted by Crippen LogP contribution is 2.39. The second kappa shape index (κ2) is 3.61. The van der Waals surface area contributed by atoms with Crippen molar-refractivity contribution in [2.75, 3.05) is 11.9 Å². The van der Waals surface area contributed by atoms with Gasteiger partial charge in [-0.15, -0.1) is 0 Å². The predicted molar refractivity (Wildman–Crippen MR) is 50.1 cm³/mol. The van der Waals surface area contributed by atoms with Crippen molar-refractivity contribution in [3.8, 4) is 0 Å². The molecule has 1 aliphatic carbocycles. The van der Waals surface area contributed by atoms with E-state index in [2.05, 4.69) is 15.3 Å². The molecule has 0 bridgehead atoms. The quantitative estimate of drug-likeness (QED) is 0.741. The topological polar surface area (TPSA) is 75.1 Å². The largest absolute Gasteiger partial charge is 0.480 e. The summed E-state index contributed by atoms with van der Waals surface area (Å²) in [7, 11) is 0. The Bertz CT molecular complexity index is 350. The molecule has 2 rings (SSSR count). The summed E-state index contributed by atoms with van der Waals surface area (Å²) in [5.41, 5.74) is 1.01. The number of nitrogens with zero attached hydrogens (tertiary/aromatic N) is 2. The Morgan fingerprint density at radius 3 is 3.00 bits per heavy atom. The van der Waals surface area contributed by atoms with E-state index in [-0.39, 0.29) is 6.54 Å². The maximum Gasteiger partial charge on any atom is 0.322 e. The van der Waals surface area contributed by atoms with Crippen molar-refractivity contribution in [3.63, 3.8) is 0 Å². The molecule has 0 saturated heterocycles. The fraction of sp³-hybridized carbons (Fsp3) is 0.444. The number of anilines is 1. The van der Waals surface area contributed by atoms with E-state index in [0.717, 1.165) is 5.69 Å². The number of hydrogen-bond donors (Lipinski definition) is 2. The molecule has 1 saturated carbocycles. The van der Waals surface area contributed by atoms with Gasteiger partial charge in [-0.2, -0.15) is 0 Å². The summed E-state index contributed by atoms with van der Waals surface area (Å²) in [4.78, 5) is 18.4. The van der Waals surface area contributed by atoms with Crippen molar-refractivity contribution < 1.29 is 9.90 Å². The molecule has 0 amide bonds. The smallest absolute Gasteiger partial charge is 0.322 e. The molecule has 0 aromatic carbocycles. The Morgan fingerprint density at radius 1 is 1.57 bits per heavy atom. The number of carbonyl (C=O) groups is 1. The average Bonchev–Trinajstić information content (AvgIpc) is 2.98. The van der Waals surface area contributed by atoms with Gasteiger partial charge in [-0.1, -0.05) is 0 Å². The van der Waals surface area contributed by atoms with E-state index in [4.69, 9.17) is 5.11 Å². The zero-order valence-corrected chi connectivity index (χ0v) is 7.60. The molecule has 0 aliphatic heterocycles. The number of aliphatic carboxylic acids is 1. The number of aromatic nitrogens is 2. The van der Waals surface area contributed by atoms with Crippen molar-refractivity contribution in [2.45, 2.75) is 18.8 Å². The van der Waals surface area contributed by atoms with E-state index in [1.807, 2.05) is 6.07 Å². The molecule has 1 fully saturated rings. The van der Waals surface area contributed by atoms with Gasteiger partial charge in [0.2, 0.25) is 0 Å². The molecule has 0 unspecified atom stereocenters. The zero-order chi connectivity index (χ0) is 9.97. The summed E-state index contributed by atoms with van der Waals surface area (Å²) in [5, 5.41) is 11.2. The first kappa shape index (κ1) is 8.93. The van der Waals surface area contributed by atoms with E-state index in [0.29, 0.717) is 11.7 Å². The molecule has 14 heavy (non-hydrogen) atoms. The van der Waals surface area contributed by atoms with Gasteiger partial charge in [0, 0.05) is 17.7 Å². The van der Waals surface area contributed by atoms with Crippen LogP contribution in [0.4, 0.5) is 5.82 Å². The van der Waals surface area contributed by atoms with E-state index < -0.39 is 5.97 Å². The van der Waals surface area contributed by atoms with Gasteiger partial charge < -0.3 is 10.4 Å². The number of carboxylic acid groups (broad SMARTS) is 1. The molecule has 74 valence electrons. The van der Waals surface area contributed by atoms with Gasteiger partial charge in [0.1, 0.15) is 18.7 Å². The molecule has 1 aromatic rings. The van der Waals surface area contributed by atoms with Gasteiger partial charge in [0.15, 0.2) is 0 Å². The Hall–Kier alpha value is -1.65. The first-order valence-corrected chi connectivity index (χ1v) is 4.53. The SMILES string of the molecule is O=C(O)CNc1cc(C2CC2)ncn1. The van der Waals surface area contributed by atoms with Crippen LogP contribution < -0.4 is 5.32 Å². The minimum absolute atomic E-state index is 0.110. The monoisotopic (exact) mass is 193 g/mol. The van der Waals surface area contributed by atoms with Crippen LogP contribution in [0.1, 0.15) is 24.5 Å². The highest BCUT2D eigenvalue weighted by molar-refractivity contribution is 5.72. The Kier molecular flexibility index (Phi) is 2.30. The van der Waals surface area contributed by atoms with Crippen molar-refractivity contribution in [1.29, 1.82) is 0 Å². The molecular weight excluding hydrogens is 182 g/mol. The Balaban J connectivity index is 2.02. The predicted octanol–water partition coefficient (Wildman–Crippen LogP) is 0.851. The number of rotatable bonds is 4. The standard InChI is InChI=1S/C9H11N3O2/c13-9(14)4-10-8-3-7(6-1-2-6)11-5-12-8/h3,5-6H,1-2,4H2,(H,13,14)(H,10,11,12). The van der Waals surface area contributed by atoms with Gasteiger partial charge in [0.05, 0.1) is 0 Å². The molecule has 1 heterocycles. The number of nitrogens with one attached hydrogen (secondary N) is 1. The maximum absolute atomic E-state index is 10.3. The van der Waals surface area contributed by atoms with Crippen molar-refractivity contribution in [1.82, 2.24) is 9.97 Å². The van der Waals surface area contributed by atoms with Crippen molar-refractivity contribution in [2.24, 2.45) is 0 Å². The van der Waals surface area contributed by atoms with E-state index >= 15 is 0 Å². The minimum atomic E-state index is -0.892. The first-order chi connectivity index (χ1) is 6.75. The summed E-state index contributed by atoms with van der Waals surface area (Å²) in [6.07, 6.45) is 3.82. The van der Waals surface area contributed by atoms with Gasteiger partial charge >= 0.3 is 5.97 Å². The third-order valence-electron chi connectivity index (χ3n) is 2.10. The summed E-state index contributed by atoms with van der Waals surface area (Å²) in [5.74, 6) is 0.254. The summed E-state index contributed by atoms with van der Waals surface area (Å²) in [6.45, 7) is -0.110. The molecular formula is C9H11N3O2. The molecule has 2 N–H and O–H groups in total. The molecule has 0 spiro atoms. The van der Waals surface area contributed by atoms with Gasteiger partial charge in [-0.05, 0) is 12.8 Å². The molecule has 5 nitrogen and oxygen atoms in total. The second-order valence-corrected chi connectivity index (χ2v) is 3.35. The first-order valence-electron chi connectivity index (χ1n) is 4.53. The average molecular weight is 193 g/mol. The van der Waals surface area contributed by atoms with Gasteiger partial charge in [-0.25, -0.2) is 9.97 Å². The third-order valence-corrected chi connectivity index (χ3v) is 2.10. The molecule has 1 aromatic heterocycles. The molecule has 0 radical (unpaired) electrons. The van der Waals surface area contributed by atoms with E-state index in [1.165, 1.54) is 19.2 Å². The third kappa shape index (κ3) is 2.18. The lowest BCUT2D eigenvalue weighted by atomic mass is 10.3. The lowest BCUT2D eigenvalue weighted by Crippen LogP contribution is -2.13. The Morgan fingerprint density at radius 2 is 2.36 bits per heavy atom. The lowest BCUT2D eigenvalue weighted by Gasteiger charge is -2.03. The van der Waals surface area contributed by atoms with Crippen LogP contribution >= 0.6 is 0 Å². The highest BCUT2D eigenvalue weighted by Gasteiger charge is 2.25. The fourth-order valence-electron chi connectivity index (χ4n) is 1.24. The van der Waals surface area contributed by atoms with Crippen molar-refractivity contribution in [3.05, 3.63) is 18.1 Å². The number of carboxylic acids is 1. The van der Waals surface area contributed by atoms with Crippen LogP contribution in [-0.2, 0) is 4.79 Å². The molecule has 5 heteroatoms. The van der Waals surface area contributed by atoms with E-state index in [9.17, 15) is 4.79 Å². The van der Waals surface area contributed by atoms with Crippen LogP contribution in [0.3, 0.4) is 0 Å². The summed E-state index contributed by atoms with van der Waals surface area (Å²) < 4.78 is 0. The lowest BCUT2D eigenvalue weighted by molar-refractivity contribution is -0.134. The summed E-state index contributed by atoms with van der Waals surface area (Å²) in [6, 6.07) is 1.82. The van der Waals surface area contributed by atoms with Crippen molar-refractivity contribution >= 4 is 11.8 Å². The Labute approximate surface area is 81.2 Å². The van der Waals surface area contributed by atoms with E-state index in [1.54, 1.807) is 0 Å². The highest BCUT2D eigenvalue weighted by atomic mass is 16.4. The van der Waals surface area contributed by atoms with Crippen LogP contribution in [0.25, 0.3) is 0 Å². The van der Waals surface area contributed by atoms with Crippen LogP contribution in [0.5, 0.6) is 0 Å². The fourth-order valence-corrected chi connectivity index (χ4v) is 1.24. The van der Waals surface area contributed by atoms with Crippen LogP contribution in [0, 0.1) is 0 Å². The van der Waals surface area contributed by atoms with Crippen LogP contribution in [0.15, 0.2) is 12.4 Å². The van der Waals surface area contributed by atoms with Gasteiger partial charge in [-0.3, -0.25) is 4.79 Å².